The Kier molecular flexibility index (Phi) is 3.49. The molecule has 0 unspecified atom stereocenters. The predicted molar refractivity (Wildman–Crippen MR) is 91.2 cm³/mol. The molecular formula is C20H19N. The number of aryl methyl sites for hydroxylation is 2. The summed E-state index contributed by atoms with van der Waals surface area (Å²) < 4.78 is 0. The van der Waals surface area contributed by atoms with Crippen LogP contribution in [-0.2, 0) is 0 Å². The van der Waals surface area contributed by atoms with Gasteiger partial charge in [-0.05, 0) is 36.1 Å². The second kappa shape index (κ2) is 5.45. The van der Waals surface area contributed by atoms with E-state index in [1.165, 1.54) is 22.3 Å². The highest BCUT2D eigenvalue weighted by Gasteiger charge is 2.14. The summed E-state index contributed by atoms with van der Waals surface area (Å²) in [5, 5.41) is 0. The van der Waals surface area contributed by atoms with Crippen molar-refractivity contribution in [3.05, 3.63) is 77.9 Å². The maximum absolute atomic E-state index is 6.55. The van der Waals surface area contributed by atoms with Crippen LogP contribution in [0.1, 0.15) is 11.1 Å². The minimum Gasteiger partial charge on any atom is -0.398 e. The van der Waals surface area contributed by atoms with Crippen molar-refractivity contribution in [1.29, 1.82) is 0 Å². The first-order chi connectivity index (χ1) is 10.2. The van der Waals surface area contributed by atoms with Crippen molar-refractivity contribution in [3.63, 3.8) is 0 Å². The smallest absolute Gasteiger partial charge is 0.0478 e. The van der Waals surface area contributed by atoms with Gasteiger partial charge in [0.25, 0.3) is 0 Å². The maximum Gasteiger partial charge on any atom is 0.0478 e. The molecule has 0 saturated heterocycles. The predicted octanol–water partition coefficient (Wildman–Crippen LogP) is 5.22. The van der Waals surface area contributed by atoms with Crippen LogP contribution in [0, 0.1) is 13.8 Å². The molecule has 0 aliphatic carbocycles. The van der Waals surface area contributed by atoms with Crippen LogP contribution in [0.4, 0.5) is 5.69 Å². The average Bonchev–Trinajstić information content (AvgIpc) is 2.49. The van der Waals surface area contributed by atoms with Crippen molar-refractivity contribution >= 4 is 5.69 Å². The molecule has 21 heavy (non-hydrogen) atoms. The molecule has 0 atom stereocenters. The van der Waals surface area contributed by atoms with Crippen LogP contribution in [0.25, 0.3) is 22.3 Å². The molecule has 0 heterocycles. The SMILES string of the molecule is Cc1cc(C)c(-c2ccccc2)c(N)c1-c1ccccc1. The summed E-state index contributed by atoms with van der Waals surface area (Å²) in [4.78, 5) is 0. The average molecular weight is 273 g/mol. The fourth-order valence-electron chi connectivity index (χ4n) is 2.99. The van der Waals surface area contributed by atoms with Gasteiger partial charge in [0.2, 0.25) is 0 Å². The molecule has 0 bridgehead atoms. The van der Waals surface area contributed by atoms with E-state index in [9.17, 15) is 0 Å². The zero-order valence-corrected chi connectivity index (χ0v) is 12.4. The highest BCUT2D eigenvalue weighted by molar-refractivity contribution is 5.92. The van der Waals surface area contributed by atoms with Gasteiger partial charge in [-0.2, -0.15) is 0 Å². The molecule has 1 nitrogen and oxygen atoms in total. The molecule has 2 N–H and O–H groups in total. The van der Waals surface area contributed by atoms with Crippen molar-refractivity contribution in [1.82, 2.24) is 0 Å². The topological polar surface area (TPSA) is 26.0 Å². The van der Waals surface area contributed by atoms with E-state index >= 15 is 0 Å². The van der Waals surface area contributed by atoms with Gasteiger partial charge in [-0.25, -0.2) is 0 Å². The lowest BCUT2D eigenvalue weighted by Gasteiger charge is -2.17. The van der Waals surface area contributed by atoms with E-state index in [1.807, 2.05) is 12.1 Å². The van der Waals surface area contributed by atoms with Gasteiger partial charge in [0, 0.05) is 16.8 Å². The largest absolute Gasteiger partial charge is 0.398 e. The Morgan fingerprint density at radius 1 is 0.619 bits per heavy atom. The molecule has 0 fully saturated rings. The molecular weight excluding hydrogens is 254 g/mol. The lowest BCUT2D eigenvalue weighted by molar-refractivity contribution is 1.38. The normalized spacial score (nSPS) is 10.6. The molecule has 0 radical (unpaired) electrons. The van der Waals surface area contributed by atoms with Crippen LogP contribution in [0.3, 0.4) is 0 Å². The molecule has 0 spiro atoms. The highest BCUT2D eigenvalue weighted by Crippen LogP contribution is 2.39. The summed E-state index contributed by atoms with van der Waals surface area (Å²) in [6.45, 7) is 4.25. The summed E-state index contributed by atoms with van der Waals surface area (Å²) in [5.41, 5.74) is 14.5. The third-order valence-corrected chi connectivity index (χ3v) is 3.89. The van der Waals surface area contributed by atoms with E-state index in [0.29, 0.717) is 0 Å². The first-order valence-corrected chi connectivity index (χ1v) is 7.19. The maximum atomic E-state index is 6.55. The van der Waals surface area contributed by atoms with Gasteiger partial charge >= 0.3 is 0 Å². The summed E-state index contributed by atoms with van der Waals surface area (Å²) in [7, 11) is 0. The molecule has 1 heteroatoms. The monoisotopic (exact) mass is 273 g/mol. The van der Waals surface area contributed by atoms with E-state index < -0.39 is 0 Å². The molecule has 0 amide bonds. The summed E-state index contributed by atoms with van der Waals surface area (Å²) in [6, 6.07) is 22.9. The van der Waals surface area contributed by atoms with E-state index in [-0.39, 0.29) is 0 Å². The Balaban J connectivity index is 2.29. The van der Waals surface area contributed by atoms with E-state index in [4.69, 9.17) is 5.73 Å². The molecule has 3 aromatic rings. The van der Waals surface area contributed by atoms with Crippen LogP contribution < -0.4 is 5.73 Å². The molecule has 3 rings (SSSR count). The quantitative estimate of drug-likeness (QED) is 0.636. The zero-order valence-electron chi connectivity index (χ0n) is 12.4. The first-order valence-electron chi connectivity index (χ1n) is 7.19. The van der Waals surface area contributed by atoms with E-state index in [0.717, 1.165) is 16.8 Å². The van der Waals surface area contributed by atoms with Crippen LogP contribution in [-0.4, -0.2) is 0 Å². The minimum absolute atomic E-state index is 0.866. The van der Waals surface area contributed by atoms with Gasteiger partial charge in [0.1, 0.15) is 0 Å². The van der Waals surface area contributed by atoms with Gasteiger partial charge in [0.15, 0.2) is 0 Å². The lowest BCUT2D eigenvalue weighted by atomic mass is 9.89. The van der Waals surface area contributed by atoms with Gasteiger partial charge in [-0.3, -0.25) is 0 Å². The van der Waals surface area contributed by atoms with Crippen LogP contribution in [0.5, 0.6) is 0 Å². The van der Waals surface area contributed by atoms with Crippen molar-refractivity contribution in [3.8, 4) is 22.3 Å². The fraction of sp³-hybridized carbons (Fsp3) is 0.100. The third kappa shape index (κ3) is 2.43. The van der Waals surface area contributed by atoms with Crippen molar-refractivity contribution < 1.29 is 0 Å². The molecule has 3 aromatic carbocycles. The Bertz CT molecular complexity index is 695. The number of benzene rings is 3. The summed E-state index contributed by atoms with van der Waals surface area (Å²) in [6.07, 6.45) is 0. The van der Waals surface area contributed by atoms with Crippen molar-refractivity contribution in [2.24, 2.45) is 0 Å². The molecule has 0 aliphatic heterocycles. The second-order valence-electron chi connectivity index (χ2n) is 5.41. The van der Waals surface area contributed by atoms with Crippen LogP contribution in [0.2, 0.25) is 0 Å². The lowest BCUT2D eigenvalue weighted by Crippen LogP contribution is -1.99. The standard InChI is InChI=1S/C20H19N/c1-14-13-15(2)19(17-11-7-4-8-12-17)20(21)18(14)16-9-5-3-6-10-16/h3-13H,21H2,1-2H3. The Labute approximate surface area is 126 Å². The number of hydrogen-bond acceptors (Lipinski definition) is 1. The molecule has 0 aliphatic rings. The highest BCUT2D eigenvalue weighted by atomic mass is 14.6. The first kappa shape index (κ1) is 13.4. The fourth-order valence-corrected chi connectivity index (χ4v) is 2.99. The van der Waals surface area contributed by atoms with E-state index in [2.05, 4.69) is 68.4 Å². The number of nitrogen functional groups attached to an aromatic ring is 1. The van der Waals surface area contributed by atoms with Crippen LogP contribution in [0.15, 0.2) is 66.7 Å². The Morgan fingerprint density at radius 2 is 1.00 bits per heavy atom. The number of hydrogen-bond donors (Lipinski definition) is 1. The number of anilines is 1. The third-order valence-electron chi connectivity index (χ3n) is 3.89. The second-order valence-corrected chi connectivity index (χ2v) is 5.41. The Morgan fingerprint density at radius 3 is 1.38 bits per heavy atom. The minimum atomic E-state index is 0.866. The summed E-state index contributed by atoms with van der Waals surface area (Å²) >= 11 is 0. The number of rotatable bonds is 2. The van der Waals surface area contributed by atoms with Gasteiger partial charge < -0.3 is 5.73 Å². The van der Waals surface area contributed by atoms with Gasteiger partial charge in [-0.15, -0.1) is 0 Å². The zero-order chi connectivity index (χ0) is 14.8. The molecule has 104 valence electrons. The van der Waals surface area contributed by atoms with Crippen molar-refractivity contribution in [2.75, 3.05) is 5.73 Å². The van der Waals surface area contributed by atoms with E-state index in [1.54, 1.807) is 0 Å². The molecule has 0 saturated carbocycles. The number of nitrogens with two attached hydrogens (primary N) is 1. The Hall–Kier alpha value is -2.54. The molecule has 0 aromatic heterocycles. The van der Waals surface area contributed by atoms with Gasteiger partial charge in [-0.1, -0.05) is 66.7 Å². The van der Waals surface area contributed by atoms with Crippen LogP contribution >= 0.6 is 0 Å². The summed E-state index contributed by atoms with van der Waals surface area (Å²) in [5.74, 6) is 0. The van der Waals surface area contributed by atoms with Gasteiger partial charge in [0.05, 0.1) is 0 Å². The van der Waals surface area contributed by atoms with Crippen molar-refractivity contribution in [2.45, 2.75) is 13.8 Å².